The minimum atomic E-state index is 0.0486. The van der Waals surface area contributed by atoms with E-state index in [1.54, 1.807) is 0 Å². The van der Waals surface area contributed by atoms with E-state index in [0.29, 0.717) is 13.1 Å². The van der Waals surface area contributed by atoms with Gasteiger partial charge in [0.05, 0.1) is 6.54 Å². The Kier molecular flexibility index (Phi) is 5.19. The van der Waals surface area contributed by atoms with Gasteiger partial charge in [-0.25, -0.2) is 0 Å². The predicted molar refractivity (Wildman–Crippen MR) is 74.9 cm³/mol. The monoisotopic (exact) mass is 269 g/mol. The Morgan fingerprint density at radius 2 is 2.00 bits per heavy atom. The van der Waals surface area contributed by atoms with Gasteiger partial charge in [-0.15, -0.1) is 0 Å². The number of nitrogens with one attached hydrogen (secondary N) is 1. The lowest BCUT2D eigenvalue weighted by atomic mass is 9.96. The number of carbonyl (C=O) groups is 1. The van der Waals surface area contributed by atoms with Crippen molar-refractivity contribution in [3.05, 3.63) is 0 Å². The van der Waals surface area contributed by atoms with E-state index in [2.05, 4.69) is 10.2 Å². The van der Waals surface area contributed by atoms with Gasteiger partial charge in [0.15, 0.2) is 0 Å². The first-order chi connectivity index (χ1) is 9.16. The molecule has 1 saturated carbocycles. The van der Waals surface area contributed by atoms with Gasteiger partial charge in [0, 0.05) is 31.3 Å². The highest BCUT2D eigenvalue weighted by atomic mass is 16.5. The molecular formula is C14H27N3O2. The summed E-state index contributed by atoms with van der Waals surface area (Å²) in [5.74, 6) is 0.120. The molecule has 0 bridgehead atoms. The second-order valence-corrected chi connectivity index (χ2v) is 5.95. The summed E-state index contributed by atoms with van der Waals surface area (Å²) in [6, 6.07) is 0.284. The number of carbonyl (C=O) groups excluding carboxylic acids is 1. The third kappa shape index (κ3) is 3.68. The van der Waals surface area contributed by atoms with Crippen LogP contribution in [0.4, 0.5) is 0 Å². The van der Waals surface area contributed by atoms with Crippen LogP contribution in [0, 0.1) is 0 Å². The van der Waals surface area contributed by atoms with Crippen LogP contribution in [0.2, 0.25) is 0 Å². The van der Waals surface area contributed by atoms with E-state index >= 15 is 0 Å². The molecule has 0 unspecified atom stereocenters. The van der Waals surface area contributed by atoms with E-state index in [0.717, 1.165) is 38.9 Å². The van der Waals surface area contributed by atoms with Crippen molar-refractivity contribution in [2.45, 2.75) is 50.1 Å². The number of likely N-dealkylation sites (N-methyl/N-ethyl adjacent to an activating group) is 1. The van der Waals surface area contributed by atoms with Gasteiger partial charge in [-0.1, -0.05) is 12.8 Å². The molecule has 19 heavy (non-hydrogen) atoms. The molecule has 2 aliphatic rings. The van der Waals surface area contributed by atoms with Crippen LogP contribution in [0.25, 0.3) is 0 Å². The Labute approximate surface area is 115 Å². The van der Waals surface area contributed by atoms with Crippen LogP contribution in [0.15, 0.2) is 0 Å². The molecule has 1 heterocycles. The second kappa shape index (κ2) is 6.68. The molecule has 1 saturated heterocycles. The van der Waals surface area contributed by atoms with Gasteiger partial charge in [-0.3, -0.25) is 9.69 Å². The Morgan fingerprint density at radius 3 is 2.58 bits per heavy atom. The van der Waals surface area contributed by atoms with Gasteiger partial charge in [0.25, 0.3) is 0 Å². The SMILES string of the molecule is CN(CC(=O)NC1CCOCC1)C1(CN)CCCC1. The molecule has 0 aromatic carbocycles. The molecule has 5 nitrogen and oxygen atoms in total. The fourth-order valence-corrected chi connectivity index (χ4v) is 3.27. The Hall–Kier alpha value is -0.650. The molecule has 0 spiro atoms. The molecule has 110 valence electrons. The zero-order valence-corrected chi connectivity index (χ0v) is 12.0. The molecule has 0 aromatic rings. The van der Waals surface area contributed by atoms with E-state index in [9.17, 15) is 4.79 Å². The van der Waals surface area contributed by atoms with Crippen LogP contribution in [-0.4, -0.2) is 55.7 Å². The summed E-state index contributed by atoms with van der Waals surface area (Å²) in [6.07, 6.45) is 6.54. The number of rotatable bonds is 5. The van der Waals surface area contributed by atoms with Crippen molar-refractivity contribution in [1.29, 1.82) is 0 Å². The van der Waals surface area contributed by atoms with E-state index in [1.165, 1.54) is 12.8 Å². The standard InChI is InChI=1S/C14H27N3O2/c1-17(14(11-15)6-2-3-7-14)10-13(18)16-12-4-8-19-9-5-12/h12H,2-11,15H2,1H3,(H,16,18). The molecule has 3 N–H and O–H groups in total. The summed E-state index contributed by atoms with van der Waals surface area (Å²) in [4.78, 5) is 14.3. The molecule has 0 aromatic heterocycles. The van der Waals surface area contributed by atoms with E-state index in [1.807, 2.05) is 7.05 Å². The van der Waals surface area contributed by atoms with E-state index < -0.39 is 0 Å². The molecule has 0 radical (unpaired) electrons. The smallest absolute Gasteiger partial charge is 0.234 e. The Bertz CT molecular complexity index is 297. The van der Waals surface area contributed by atoms with Gasteiger partial charge in [0.1, 0.15) is 0 Å². The third-order valence-electron chi connectivity index (χ3n) is 4.69. The van der Waals surface area contributed by atoms with Crippen molar-refractivity contribution in [1.82, 2.24) is 10.2 Å². The summed E-state index contributed by atoms with van der Waals surface area (Å²) in [5, 5.41) is 3.11. The van der Waals surface area contributed by atoms with Crippen LogP contribution in [0.5, 0.6) is 0 Å². The summed E-state index contributed by atoms with van der Waals surface area (Å²) in [5.41, 5.74) is 5.99. The zero-order valence-electron chi connectivity index (χ0n) is 12.0. The summed E-state index contributed by atoms with van der Waals surface area (Å²) in [6.45, 7) is 2.61. The first-order valence-electron chi connectivity index (χ1n) is 7.45. The normalized spacial score (nSPS) is 23.7. The van der Waals surface area contributed by atoms with Crippen LogP contribution in [0.3, 0.4) is 0 Å². The lowest BCUT2D eigenvalue weighted by Crippen LogP contribution is -2.54. The van der Waals surface area contributed by atoms with Crippen molar-refractivity contribution in [2.75, 3.05) is 33.4 Å². The predicted octanol–water partition coefficient (Wildman–Crippen LogP) is 0.485. The molecule has 2 fully saturated rings. The lowest BCUT2D eigenvalue weighted by molar-refractivity contribution is -0.124. The number of nitrogens with zero attached hydrogens (tertiary/aromatic N) is 1. The maximum atomic E-state index is 12.1. The summed E-state index contributed by atoms with van der Waals surface area (Å²) < 4.78 is 5.30. The molecule has 5 heteroatoms. The van der Waals surface area contributed by atoms with Crippen molar-refractivity contribution < 1.29 is 9.53 Å². The average Bonchev–Trinajstić information content (AvgIpc) is 2.89. The number of amides is 1. The maximum absolute atomic E-state index is 12.1. The molecule has 0 atom stereocenters. The summed E-state index contributed by atoms with van der Waals surface area (Å²) >= 11 is 0. The topological polar surface area (TPSA) is 67.6 Å². The molecule has 1 aliphatic carbocycles. The van der Waals surface area contributed by atoms with Gasteiger partial charge in [-0.05, 0) is 32.7 Å². The number of hydrogen-bond donors (Lipinski definition) is 2. The third-order valence-corrected chi connectivity index (χ3v) is 4.69. The zero-order chi connectivity index (χ0) is 13.7. The first-order valence-corrected chi connectivity index (χ1v) is 7.45. The van der Waals surface area contributed by atoms with Gasteiger partial charge >= 0.3 is 0 Å². The number of nitrogens with two attached hydrogens (primary N) is 1. The first kappa shape index (κ1) is 14.8. The average molecular weight is 269 g/mol. The van der Waals surface area contributed by atoms with Crippen LogP contribution in [-0.2, 0) is 9.53 Å². The second-order valence-electron chi connectivity index (χ2n) is 5.95. The molecule has 2 rings (SSSR count). The highest BCUT2D eigenvalue weighted by Crippen LogP contribution is 2.33. The molecule has 1 aliphatic heterocycles. The van der Waals surface area contributed by atoms with Crippen LogP contribution >= 0.6 is 0 Å². The number of hydrogen-bond acceptors (Lipinski definition) is 4. The van der Waals surface area contributed by atoms with Crippen LogP contribution < -0.4 is 11.1 Å². The van der Waals surface area contributed by atoms with Crippen molar-refractivity contribution in [2.24, 2.45) is 5.73 Å². The van der Waals surface area contributed by atoms with Gasteiger partial charge in [-0.2, -0.15) is 0 Å². The minimum Gasteiger partial charge on any atom is -0.381 e. The van der Waals surface area contributed by atoms with E-state index in [4.69, 9.17) is 10.5 Å². The summed E-state index contributed by atoms with van der Waals surface area (Å²) in [7, 11) is 2.03. The highest BCUT2D eigenvalue weighted by Gasteiger charge is 2.37. The Morgan fingerprint density at radius 1 is 1.37 bits per heavy atom. The van der Waals surface area contributed by atoms with Crippen molar-refractivity contribution in [3.8, 4) is 0 Å². The quantitative estimate of drug-likeness (QED) is 0.762. The highest BCUT2D eigenvalue weighted by molar-refractivity contribution is 5.78. The fraction of sp³-hybridized carbons (Fsp3) is 0.929. The maximum Gasteiger partial charge on any atom is 0.234 e. The van der Waals surface area contributed by atoms with Crippen LogP contribution in [0.1, 0.15) is 38.5 Å². The molecular weight excluding hydrogens is 242 g/mol. The largest absolute Gasteiger partial charge is 0.381 e. The van der Waals surface area contributed by atoms with E-state index in [-0.39, 0.29) is 17.5 Å². The van der Waals surface area contributed by atoms with Crippen molar-refractivity contribution in [3.63, 3.8) is 0 Å². The lowest BCUT2D eigenvalue weighted by Gasteiger charge is -2.37. The Balaban J connectivity index is 1.80. The molecule has 1 amide bonds. The van der Waals surface area contributed by atoms with Gasteiger partial charge in [0.2, 0.25) is 5.91 Å². The number of ether oxygens (including phenoxy) is 1. The van der Waals surface area contributed by atoms with Gasteiger partial charge < -0.3 is 15.8 Å². The fourth-order valence-electron chi connectivity index (χ4n) is 3.27. The van der Waals surface area contributed by atoms with Crippen molar-refractivity contribution >= 4 is 5.91 Å². The minimum absolute atomic E-state index is 0.0486.